The second-order valence-corrected chi connectivity index (χ2v) is 18.8. The zero-order valence-electron chi connectivity index (χ0n) is 39.0. The topological polar surface area (TPSA) is 253 Å². The Morgan fingerprint density at radius 2 is 1.24 bits per heavy atom. The number of Topliss-reactive ketones (excluding diaryl/α,β-unsaturated/α-hetero) is 1. The number of phosphoric acid groups is 2. The average molecular weight is 973 g/mol. The van der Waals surface area contributed by atoms with E-state index >= 15 is 0 Å². The van der Waals surface area contributed by atoms with Crippen LogP contribution in [0.1, 0.15) is 136 Å². The number of hydrogen-bond acceptors (Lipinski definition) is 13. The molecule has 1 unspecified atom stereocenters. The fourth-order valence-corrected chi connectivity index (χ4v) is 7.79. The van der Waals surface area contributed by atoms with Gasteiger partial charge in [0, 0.05) is 25.2 Å². The van der Waals surface area contributed by atoms with Gasteiger partial charge in [-0.05, 0) is 70.1 Å². The Morgan fingerprint density at radius 1 is 0.682 bits per heavy atom. The lowest BCUT2D eigenvalue weighted by atomic mass is 9.88. The van der Waals surface area contributed by atoms with Gasteiger partial charge in [-0.2, -0.15) is 0 Å². The Hall–Kier alpha value is -3.11. The lowest BCUT2D eigenvalue weighted by Crippen LogP contribution is -2.29. The summed E-state index contributed by atoms with van der Waals surface area (Å²) < 4.78 is 47.8. The molecule has 1 saturated carbocycles. The number of ether oxygens (including phenoxy) is 2. The SMILES string of the molecule is CC/C=C\C/C=C\C/C=C\C/C=C\C/C=C\C/C=C\CCC(=O)OC[C@H](COP(=O)(O)OC[C@@H](O)COP(=O)(O)O)OC(=O)CCCCCC[C@H]1[C@@H](O)CC(=O)[C@@H]1/C=C/[C@@H](O)CCCCC. The largest absolute Gasteiger partial charge is 0.472 e. The van der Waals surface area contributed by atoms with Crippen molar-refractivity contribution in [1.82, 2.24) is 0 Å². The lowest BCUT2D eigenvalue weighted by Gasteiger charge is -2.20. The number of unbranched alkanes of at least 4 members (excludes halogenated alkanes) is 5. The van der Waals surface area contributed by atoms with E-state index in [1.807, 2.05) is 18.2 Å². The predicted molar refractivity (Wildman–Crippen MR) is 254 cm³/mol. The Morgan fingerprint density at radius 3 is 1.83 bits per heavy atom. The highest BCUT2D eigenvalue weighted by Crippen LogP contribution is 2.44. The molecule has 0 aromatic carbocycles. The quantitative estimate of drug-likeness (QED) is 0.0145. The summed E-state index contributed by atoms with van der Waals surface area (Å²) in [7, 11) is -9.81. The van der Waals surface area contributed by atoms with Crippen molar-refractivity contribution in [1.29, 1.82) is 0 Å². The summed E-state index contributed by atoms with van der Waals surface area (Å²) >= 11 is 0. The van der Waals surface area contributed by atoms with Gasteiger partial charge in [-0.15, -0.1) is 0 Å². The molecular weight excluding hydrogens is 894 g/mol. The van der Waals surface area contributed by atoms with Gasteiger partial charge in [0.25, 0.3) is 0 Å². The van der Waals surface area contributed by atoms with Gasteiger partial charge >= 0.3 is 27.6 Å². The van der Waals surface area contributed by atoms with E-state index < -0.39 is 84.3 Å². The second-order valence-electron chi connectivity index (χ2n) is 16.1. The first-order valence-electron chi connectivity index (χ1n) is 23.4. The maximum Gasteiger partial charge on any atom is 0.472 e. The van der Waals surface area contributed by atoms with E-state index in [4.69, 9.17) is 23.8 Å². The van der Waals surface area contributed by atoms with Crippen LogP contribution in [0, 0.1) is 11.8 Å². The summed E-state index contributed by atoms with van der Waals surface area (Å²) in [6.07, 6.45) is 36.4. The molecule has 16 nitrogen and oxygen atoms in total. The van der Waals surface area contributed by atoms with Crippen molar-refractivity contribution in [3.05, 3.63) is 85.1 Å². The third-order valence-electron chi connectivity index (χ3n) is 10.2. The fraction of sp³-hybridized carbons (Fsp3) is 0.646. The lowest BCUT2D eigenvalue weighted by molar-refractivity contribution is -0.161. The smallest absolute Gasteiger partial charge is 0.462 e. The highest BCUT2D eigenvalue weighted by Gasteiger charge is 2.39. The monoisotopic (exact) mass is 972 g/mol. The molecule has 0 radical (unpaired) electrons. The van der Waals surface area contributed by atoms with Gasteiger partial charge < -0.3 is 39.5 Å². The minimum Gasteiger partial charge on any atom is -0.462 e. The summed E-state index contributed by atoms with van der Waals surface area (Å²) in [6.45, 7) is 1.18. The van der Waals surface area contributed by atoms with E-state index in [2.05, 4.69) is 77.6 Å². The number of aliphatic hydroxyl groups excluding tert-OH is 3. The molecule has 0 aromatic heterocycles. The van der Waals surface area contributed by atoms with Gasteiger partial charge in [-0.25, -0.2) is 9.13 Å². The van der Waals surface area contributed by atoms with E-state index in [-0.39, 0.29) is 31.0 Å². The minimum absolute atomic E-state index is 0.0178. The van der Waals surface area contributed by atoms with Crippen LogP contribution in [0.25, 0.3) is 0 Å². The van der Waals surface area contributed by atoms with E-state index in [0.717, 1.165) is 51.4 Å². The first-order valence-corrected chi connectivity index (χ1v) is 26.4. The molecule has 376 valence electrons. The number of hydrogen-bond donors (Lipinski definition) is 6. The summed E-state index contributed by atoms with van der Waals surface area (Å²) in [5.74, 6) is -2.04. The van der Waals surface area contributed by atoms with Crippen molar-refractivity contribution in [3.8, 4) is 0 Å². The Kier molecular flexibility index (Phi) is 34.9. The number of esters is 2. The molecule has 0 amide bonds. The van der Waals surface area contributed by atoms with Crippen LogP contribution in [0.15, 0.2) is 85.1 Å². The average Bonchev–Trinajstić information content (AvgIpc) is 3.54. The summed E-state index contributed by atoms with van der Waals surface area (Å²) in [6, 6.07) is 0. The van der Waals surface area contributed by atoms with Crippen LogP contribution in [0.4, 0.5) is 0 Å². The summed E-state index contributed by atoms with van der Waals surface area (Å²) in [5.41, 5.74) is 0. The number of aliphatic hydroxyl groups is 3. The third-order valence-corrected chi connectivity index (χ3v) is 11.6. The van der Waals surface area contributed by atoms with Crippen molar-refractivity contribution in [2.75, 3.05) is 26.4 Å². The zero-order valence-corrected chi connectivity index (χ0v) is 40.8. The van der Waals surface area contributed by atoms with E-state index in [0.29, 0.717) is 51.4 Å². The van der Waals surface area contributed by atoms with Crippen LogP contribution < -0.4 is 0 Å². The number of carbonyl (C=O) groups excluding carboxylic acids is 3. The number of allylic oxidation sites excluding steroid dienone is 13. The van der Waals surface area contributed by atoms with Crippen molar-refractivity contribution >= 4 is 33.4 Å². The number of carbonyl (C=O) groups is 3. The highest BCUT2D eigenvalue weighted by molar-refractivity contribution is 7.47. The Labute approximate surface area is 392 Å². The first-order chi connectivity index (χ1) is 31.6. The molecule has 0 spiro atoms. The van der Waals surface area contributed by atoms with Gasteiger partial charge in [0.2, 0.25) is 0 Å². The number of ketones is 1. The van der Waals surface area contributed by atoms with Gasteiger partial charge in [-0.1, -0.05) is 137 Å². The van der Waals surface area contributed by atoms with E-state index in [1.54, 1.807) is 12.2 Å². The molecule has 6 N–H and O–H groups in total. The molecule has 0 saturated heterocycles. The molecule has 66 heavy (non-hydrogen) atoms. The first kappa shape index (κ1) is 60.9. The number of phosphoric ester groups is 2. The van der Waals surface area contributed by atoms with Crippen molar-refractivity contribution in [3.63, 3.8) is 0 Å². The molecule has 18 heteroatoms. The number of rotatable bonds is 39. The molecule has 1 aliphatic rings. The van der Waals surface area contributed by atoms with Crippen molar-refractivity contribution < 1.29 is 76.6 Å². The van der Waals surface area contributed by atoms with Crippen LogP contribution in [-0.2, 0) is 46.6 Å². The maximum atomic E-state index is 12.8. The van der Waals surface area contributed by atoms with Crippen molar-refractivity contribution in [2.24, 2.45) is 11.8 Å². The van der Waals surface area contributed by atoms with Crippen LogP contribution in [0.3, 0.4) is 0 Å². The summed E-state index contributed by atoms with van der Waals surface area (Å²) in [5, 5.41) is 30.6. The Bertz CT molecular complexity index is 1650. The van der Waals surface area contributed by atoms with E-state index in [1.165, 1.54) is 0 Å². The van der Waals surface area contributed by atoms with Crippen LogP contribution in [0.5, 0.6) is 0 Å². The normalized spacial score (nSPS) is 19.7. The second kappa shape index (κ2) is 37.8. The molecule has 7 atom stereocenters. The van der Waals surface area contributed by atoms with Crippen LogP contribution in [0.2, 0.25) is 0 Å². The molecule has 1 rings (SSSR count). The van der Waals surface area contributed by atoms with Crippen molar-refractivity contribution in [2.45, 2.75) is 160 Å². The molecule has 0 heterocycles. The molecule has 0 bridgehead atoms. The minimum atomic E-state index is -4.91. The maximum absolute atomic E-state index is 12.8. The molecule has 1 fully saturated rings. The third kappa shape index (κ3) is 34.2. The summed E-state index contributed by atoms with van der Waals surface area (Å²) in [4.78, 5) is 65.6. The Balaban J connectivity index is 2.57. The van der Waals surface area contributed by atoms with E-state index in [9.17, 15) is 43.7 Å². The molecular formula is C48H78O16P2. The molecule has 0 aromatic rings. The van der Waals surface area contributed by atoms with Gasteiger partial charge in [0.15, 0.2) is 6.10 Å². The van der Waals surface area contributed by atoms with Crippen LogP contribution >= 0.6 is 15.6 Å². The van der Waals surface area contributed by atoms with Gasteiger partial charge in [0.05, 0.1) is 32.0 Å². The fourth-order valence-electron chi connectivity index (χ4n) is 6.63. The molecule has 1 aliphatic carbocycles. The molecule has 0 aliphatic heterocycles. The van der Waals surface area contributed by atoms with Gasteiger partial charge in [0.1, 0.15) is 18.5 Å². The zero-order chi connectivity index (χ0) is 48.9. The standard InChI is InChI=1S/C48H78O16P2/c1-3-5-7-8-9-10-11-12-13-14-15-16-17-18-19-20-21-22-27-31-47(53)60-38-42(39-63-66(58,59)62-37-41(50)36-61-65(55,56)57)64-48(54)32-28-24-23-26-30-43-44(46(52)35-45(43)51)34-33-40(49)29-25-6-4-2/h5,7,9-10,12-13,15-16,18-19,21-22,33-34,40-45,49-51H,3-4,6,8,11,14,17,20,23-32,35-39H2,1-2H3,(H,58,59)(H2,55,56,57)/b7-5-,10-9-,13-12-,16-15-,19-18-,22-21-,34-33+/t40-,41-,42+,43+,44+,45-/m0/s1. The highest BCUT2D eigenvalue weighted by atomic mass is 31.2. The predicted octanol–water partition coefficient (Wildman–Crippen LogP) is 8.93. The van der Waals surface area contributed by atoms with Gasteiger partial charge in [-0.3, -0.25) is 28.0 Å². The van der Waals surface area contributed by atoms with Crippen LogP contribution in [-0.4, -0.2) is 98.6 Å².